The standard InChI is InChI=1S/C18H17NO/c1-2-8-14-13-18(20)19(15-9-4-3-5-10-15)17-12-7-6-11-16(14)17/h3-7,9-13H,2,8H2,1H3. The lowest BCUT2D eigenvalue weighted by molar-refractivity contribution is 0.917. The molecule has 100 valence electrons. The van der Waals surface area contributed by atoms with Crippen molar-refractivity contribution in [2.75, 3.05) is 0 Å². The minimum absolute atomic E-state index is 0.0401. The van der Waals surface area contributed by atoms with Crippen molar-refractivity contribution in [3.05, 3.63) is 76.6 Å². The van der Waals surface area contributed by atoms with E-state index >= 15 is 0 Å². The van der Waals surface area contributed by atoms with Gasteiger partial charge >= 0.3 is 0 Å². The highest BCUT2D eigenvalue weighted by atomic mass is 16.1. The summed E-state index contributed by atoms with van der Waals surface area (Å²) >= 11 is 0. The van der Waals surface area contributed by atoms with Gasteiger partial charge in [-0.05, 0) is 30.2 Å². The molecule has 20 heavy (non-hydrogen) atoms. The van der Waals surface area contributed by atoms with Gasteiger partial charge in [-0.2, -0.15) is 0 Å². The molecule has 3 rings (SSSR count). The average Bonchev–Trinajstić information content (AvgIpc) is 2.48. The van der Waals surface area contributed by atoms with Gasteiger partial charge in [-0.3, -0.25) is 9.36 Å². The zero-order valence-corrected chi connectivity index (χ0v) is 11.5. The van der Waals surface area contributed by atoms with Gasteiger partial charge < -0.3 is 0 Å². The van der Waals surface area contributed by atoms with Crippen LogP contribution in [0.5, 0.6) is 0 Å². The van der Waals surface area contributed by atoms with Crippen LogP contribution in [0.25, 0.3) is 16.6 Å². The lowest BCUT2D eigenvalue weighted by Crippen LogP contribution is -2.19. The molecule has 2 nitrogen and oxygen atoms in total. The molecule has 0 spiro atoms. The van der Waals surface area contributed by atoms with Gasteiger partial charge in [0.25, 0.3) is 5.56 Å². The third-order valence-electron chi connectivity index (χ3n) is 3.54. The summed E-state index contributed by atoms with van der Waals surface area (Å²) in [5.74, 6) is 0. The van der Waals surface area contributed by atoms with Crippen molar-refractivity contribution in [3.63, 3.8) is 0 Å². The first-order chi connectivity index (χ1) is 9.81. The normalized spacial score (nSPS) is 10.8. The number of aryl methyl sites for hydroxylation is 1. The Kier molecular flexibility index (Phi) is 3.38. The Bertz CT molecular complexity index is 787. The van der Waals surface area contributed by atoms with Crippen molar-refractivity contribution in [2.45, 2.75) is 19.8 Å². The molecular formula is C18H17NO. The van der Waals surface area contributed by atoms with Crippen LogP contribution in [0.4, 0.5) is 0 Å². The summed E-state index contributed by atoms with van der Waals surface area (Å²) in [4.78, 5) is 12.5. The van der Waals surface area contributed by atoms with E-state index in [1.165, 1.54) is 0 Å². The maximum atomic E-state index is 12.5. The predicted molar refractivity (Wildman–Crippen MR) is 83.5 cm³/mol. The van der Waals surface area contributed by atoms with E-state index in [2.05, 4.69) is 13.0 Å². The Morgan fingerprint density at radius 2 is 1.65 bits per heavy atom. The van der Waals surface area contributed by atoms with Crippen LogP contribution in [-0.4, -0.2) is 4.57 Å². The lowest BCUT2D eigenvalue weighted by Gasteiger charge is -2.13. The quantitative estimate of drug-likeness (QED) is 0.701. The van der Waals surface area contributed by atoms with Gasteiger partial charge in [-0.25, -0.2) is 0 Å². The van der Waals surface area contributed by atoms with Crippen LogP contribution in [0.3, 0.4) is 0 Å². The first-order valence-corrected chi connectivity index (χ1v) is 7.00. The van der Waals surface area contributed by atoms with Crippen molar-refractivity contribution in [1.82, 2.24) is 4.57 Å². The van der Waals surface area contributed by atoms with Gasteiger partial charge in [0.15, 0.2) is 0 Å². The molecule has 0 fully saturated rings. The number of pyridine rings is 1. The van der Waals surface area contributed by atoms with Gasteiger partial charge in [-0.15, -0.1) is 0 Å². The minimum Gasteiger partial charge on any atom is -0.277 e. The highest BCUT2D eigenvalue weighted by molar-refractivity contribution is 5.84. The number of rotatable bonds is 3. The van der Waals surface area contributed by atoms with E-state index in [4.69, 9.17) is 0 Å². The summed E-state index contributed by atoms with van der Waals surface area (Å²) in [6.45, 7) is 2.14. The van der Waals surface area contributed by atoms with E-state index in [0.717, 1.165) is 35.0 Å². The molecule has 2 heteroatoms. The zero-order valence-electron chi connectivity index (χ0n) is 11.5. The summed E-state index contributed by atoms with van der Waals surface area (Å²) in [7, 11) is 0. The number of hydrogen-bond donors (Lipinski definition) is 0. The van der Waals surface area contributed by atoms with Gasteiger partial charge in [0.05, 0.1) is 5.52 Å². The van der Waals surface area contributed by atoms with E-state index in [0.29, 0.717) is 0 Å². The van der Waals surface area contributed by atoms with E-state index in [-0.39, 0.29) is 5.56 Å². The number of para-hydroxylation sites is 2. The highest BCUT2D eigenvalue weighted by Gasteiger charge is 2.09. The van der Waals surface area contributed by atoms with Crippen molar-refractivity contribution < 1.29 is 0 Å². The number of benzene rings is 2. The van der Waals surface area contributed by atoms with Crippen molar-refractivity contribution >= 4 is 10.9 Å². The molecule has 0 atom stereocenters. The van der Waals surface area contributed by atoms with Crippen LogP contribution in [0, 0.1) is 0 Å². The number of fused-ring (bicyclic) bond motifs is 1. The van der Waals surface area contributed by atoms with Crippen molar-refractivity contribution in [2.24, 2.45) is 0 Å². The number of aromatic nitrogens is 1. The molecule has 1 aromatic heterocycles. The average molecular weight is 263 g/mol. The topological polar surface area (TPSA) is 22.0 Å². The van der Waals surface area contributed by atoms with E-state index < -0.39 is 0 Å². The van der Waals surface area contributed by atoms with Gasteiger partial charge in [0.2, 0.25) is 0 Å². The van der Waals surface area contributed by atoms with Crippen LogP contribution >= 0.6 is 0 Å². The fourth-order valence-corrected chi connectivity index (χ4v) is 2.67. The Morgan fingerprint density at radius 1 is 0.950 bits per heavy atom. The van der Waals surface area contributed by atoms with Crippen LogP contribution in [0.1, 0.15) is 18.9 Å². The second-order valence-corrected chi connectivity index (χ2v) is 4.95. The molecule has 0 aliphatic heterocycles. The SMILES string of the molecule is CCCc1cc(=O)n(-c2ccccc2)c2ccccc12. The largest absolute Gasteiger partial charge is 0.277 e. The first kappa shape index (κ1) is 12.7. The van der Waals surface area contributed by atoms with Crippen LogP contribution in [-0.2, 0) is 6.42 Å². The molecular weight excluding hydrogens is 246 g/mol. The molecule has 1 heterocycles. The van der Waals surface area contributed by atoms with E-state index in [9.17, 15) is 4.79 Å². The van der Waals surface area contributed by atoms with Crippen LogP contribution in [0.15, 0.2) is 65.5 Å². The second kappa shape index (κ2) is 5.33. The Labute approximate surface area is 118 Å². The Balaban J connectivity index is 2.37. The van der Waals surface area contributed by atoms with Crippen LogP contribution in [0.2, 0.25) is 0 Å². The predicted octanol–water partition coefficient (Wildman–Crippen LogP) is 3.94. The second-order valence-electron chi connectivity index (χ2n) is 4.95. The van der Waals surface area contributed by atoms with E-state index in [1.54, 1.807) is 10.6 Å². The number of hydrogen-bond acceptors (Lipinski definition) is 1. The van der Waals surface area contributed by atoms with Crippen LogP contribution < -0.4 is 5.56 Å². The fourth-order valence-electron chi connectivity index (χ4n) is 2.67. The van der Waals surface area contributed by atoms with E-state index in [1.807, 2.05) is 48.5 Å². The molecule has 0 saturated heterocycles. The third kappa shape index (κ3) is 2.14. The summed E-state index contributed by atoms with van der Waals surface area (Å²) in [6.07, 6.45) is 1.98. The van der Waals surface area contributed by atoms with Gasteiger partial charge in [0.1, 0.15) is 0 Å². The molecule has 0 unspecified atom stereocenters. The molecule has 0 aliphatic rings. The Hall–Kier alpha value is -2.35. The lowest BCUT2D eigenvalue weighted by atomic mass is 10.0. The molecule has 0 aliphatic carbocycles. The molecule has 0 amide bonds. The summed E-state index contributed by atoms with van der Waals surface area (Å²) in [6, 6.07) is 19.7. The smallest absolute Gasteiger partial charge is 0.255 e. The van der Waals surface area contributed by atoms with Gasteiger partial charge in [0, 0.05) is 17.1 Å². The summed E-state index contributed by atoms with van der Waals surface area (Å²) in [5.41, 5.74) is 3.07. The first-order valence-electron chi connectivity index (χ1n) is 7.00. The van der Waals surface area contributed by atoms with Crippen molar-refractivity contribution in [1.29, 1.82) is 0 Å². The summed E-state index contributed by atoms with van der Waals surface area (Å²) in [5, 5.41) is 1.16. The maximum absolute atomic E-state index is 12.5. The molecule has 0 N–H and O–H groups in total. The summed E-state index contributed by atoms with van der Waals surface area (Å²) < 4.78 is 1.79. The molecule has 0 radical (unpaired) electrons. The Morgan fingerprint density at radius 3 is 2.40 bits per heavy atom. The highest BCUT2D eigenvalue weighted by Crippen LogP contribution is 2.20. The zero-order chi connectivity index (χ0) is 13.9. The van der Waals surface area contributed by atoms with Crippen molar-refractivity contribution in [3.8, 4) is 5.69 Å². The molecule has 0 bridgehead atoms. The minimum atomic E-state index is 0.0401. The maximum Gasteiger partial charge on any atom is 0.255 e. The van der Waals surface area contributed by atoms with Gasteiger partial charge in [-0.1, -0.05) is 49.7 Å². The molecule has 3 aromatic rings. The molecule has 0 saturated carbocycles. The monoisotopic (exact) mass is 263 g/mol. The number of nitrogens with zero attached hydrogens (tertiary/aromatic N) is 1. The molecule has 2 aromatic carbocycles. The third-order valence-corrected chi connectivity index (χ3v) is 3.54. The fraction of sp³-hybridized carbons (Fsp3) is 0.167.